The molecule has 0 aliphatic carbocycles. The molecule has 0 aliphatic rings. The van der Waals surface area contributed by atoms with Crippen LogP contribution >= 0.6 is 23.4 Å². The van der Waals surface area contributed by atoms with Crippen molar-refractivity contribution in [3.05, 3.63) is 59.1 Å². The van der Waals surface area contributed by atoms with Crippen molar-refractivity contribution in [1.29, 1.82) is 0 Å². The van der Waals surface area contributed by atoms with Crippen LogP contribution in [-0.4, -0.2) is 16.2 Å². The number of carboxylic acids is 1. The molecule has 3 nitrogen and oxygen atoms in total. The average Bonchev–Trinajstić information content (AvgIpc) is 2.53. The van der Waals surface area contributed by atoms with Crippen molar-refractivity contribution in [1.82, 2.24) is 0 Å². The fourth-order valence-electron chi connectivity index (χ4n) is 2.01. The van der Waals surface area contributed by atoms with Crippen LogP contribution < -0.4 is 0 Å². The Balaban J connectivity index is 2.35. The molecule has 114 valence electrons. The van der Waals surface area contributed by atoms with Crippen molar-refractivity contribution < 1.29 is 14.7 Å². The molecule has 0 saturated carbocycles. The van der Waals surface area contributed by atoms with Gasteiger partial charge in [-0.3, -0.25) is 9.59 Å². The molecule has 0 saturated heterocycles. The number of thioether (sulfide) groups is 1. The van der Waals surface area contributed by atoms with E-state index < -0.39 is 11.2 Å². The van der Waals surface area contributed by atoms with E-state index in [1.807, 2.05) is 36.4 Å². The molecule has 1 atom stereocenters. The van der Waals surface area contributed by atoms with Crippen LogP contribution in [0.2, 0.25) is 5.02 Å². The van der Waals surface area contributed by atoms with Gasteiger partial charge in [-0.2, -0.15) is 0 Å². The molecule has 5 heteroatoms. The third-order valence-corrected chi connectivity index (χ3v) is 4.72. The zero-order valence-corrected chi connectivity index (χ0v) is 13.5. The maximum atomic E-state index is 11.6. The smallest absolute Gasteiger partial charge is 0.321 e. The lowest BCUT2D eigenvalue weighted by molar-refractivity contribution is -0.136. The number of carboxylic acid groups (broad SMARTS) is 1. The Hall–Kier alpha value is -1.78. The van der Waals surface area contributed by atoms with E-state index in [-0.39, 0.29) is 11.5 Å². The molecule has 0 heterocycles. The van der Waals surface area contributed by atoms with E-state index in [1.165, 1.54) is 0 Å². The van der Waals surface area contributed by atoms with Crippen LogP contribution in [-0.2, 0) is 9.59 Å². The SMILES string of the molecule is CCC(=O)SC(C(=O)O)c1ccc(-c2ccccc2)cc1Cl. The zero-order chi connectivity index (χ0) is 16.1. The second kappa shape index (κ2) is 7.47. The van der Waals surface area contributed by atoms with Crippen LogP contribution in [0.3, 0.4) is 0 Å². The average molecular weight is 335 g/mol. The molecule has 0 aliphatic heterocycles. The number of halogens is 1. The van der Waals surface area contributed by atoms with Crippen molar-refractivity contribution >= 4 is 34.4 Å². The van der Waals surface area contributed by atoms with Gasteiger partial charge < -0.3 is 5.11 Å². The Kier molecular flexibility index (Phi) is 5.63. The summed E-state index contributed by atoms with van der Waals surface area (Å²) >= 11 is 7.06. The summed E-state index contributed by atoms with van der Waals surface area (Å²) in [5.41, 5.74) is 2.35. The summed E-state index contributed by atoms with van der Waals surface area (Å²) in [5, 5.41) is 8.55. The molecular formula is C17H15ClO3S. The highest BCUT2D eigenvalue weighted by molar-refractivity contribution is 8.14. The molecule has 2 aromatic carbocycles. The highest BCUT2D eigenvalue weighted by Crippen LogP contribution is 2.36. The maximum Gasteiger partial charge on any atom is 0.321 e. The Bertz CT molecular complexity index is 686. The van der Waals surface area contributed by atoms with E-state index in [4.69, 9.17) is 11.6 Å². The summed E-state index contributed by atoms with van der Waals surface area (Å²) in [6.45, 7) is 1.70. The van der Waals surface area contributed by atoms with E-state index in [1.54, 1.807) is 19.1 Å². The Morgan fingerprint density at radius 3 is 2.36 bits per heavy atom. The second-order valence-corrected chi connectivity index (χ2v) is 6.23. The first-order valence-corrected chi connectivity index (χ1v) is 8.06. The normalized spacial score (nSPS) is 11.9. The highest BCUT2D eigenvalue weighted by Gasteiger charge is 2.25. The predicted molar refractivity (Wildman–Crippen MR) is 90.2 cm³/mol. The Morgan fingerprint density at radius 1 is 1.14 bits per heavy atom. The zero-order valence-electron chi connectivity index (χ0n) is 12.0. The fraction of sp³-hybridized carbons (Fsp3) is 0.176. The molecule has 1 unspecified atom stereocenters. The quantitative estimate of drug-likeness (QED) is 0.853. The largest absolute Gasteiger partial charge is 0.480 e. The van der Waals surface area contributed by atoms with Gasteiger partial charge in [0.2, 0.25) is 0 Å². The third kappa shape index (κ3) is 3.90. The van der Waals surface area contributed by atoms with Gasteiger partial charge in [0, 0.05) is 11.4 Å². The minimum Gasteiger partial charge on any atom is -0.480 e. The summed E-state index contributed by atoms with van der Waals surface area (Å²) in [6.07, 6.45) is 0.286. The van der Waals surface area contributed by atoms with E-state index in [2.05, 4.69) is 0 Å². The number of rotatable bonds is 5. The lowest BCUT2D eigenvalue weighted by Crippen LogP contribution is -2.11. The van der Waals surface area contributed by atoms with Crippen LogP contribution in [0.15, 0.2) is 48.5 Å². The number of carbonyl (C=O) groups excluding carboxylic acids is 1. The van der Waals surface area contributed by atoms with Crippen molar-refractivity contribution in [2.45, 2.75) is 18.6 Å². The van der Waals surface area contributed by atoms with E-state index in [0.29, 0.717) is 10.6 Å². The Morgan fingerprint density at radius 2 is 1.82 bits per heavy atom. The van der Waals surface area contributed by atoms with Crippen LogP contribution in [0.4, 0.5) is 0 Å². The number of benzene rings is 2. The van der Waals surface area contributed by atoms with Crippen molar-refractivity contribution in [2.75, 3.05) is 0 Å². The molecule has 0 spiro atoms. The lowest BCUT2D eigenvalue weighted by Gasteiger charge is -2.14. The Labute approximate surface area is 138 Å². The standard InChI is InChI=1S/C17H15ClO3S/c1-2-15(19)22-16(17(20)21)13-9-8-12(10-14(13)18)11-6-4-3-5-7-11/h3-10,16H,2H2,1H3,(H,20,21). The van der Waals surface area contributed by atoms with Crippen LogP contribution in [0, 0.1) is 0 Å². The molecule has 0 aromatic heterocycles. The monoisotopic (exact) mass is 334 g/mol. The molecule has 1 N–H and O–H groups in total. The molecule has 2 rings (SSSR count). The topological polar surface area (TPSA) is 54.4 Å². The molecule has 0 fully saturated rings. The van der Waals surface area contributed by atoms with Gasteiger partial charge in [0.25, 0.3) is 0 Å². The summed E-state index contributed by atoms with van der Waals surface area (Å²) < 4.78 is 0. The minimum absolute atomic E-state index is 0.171. The minimum atomic E-state index is -1.07. The van der Waals surface area contributed by atoms with Crippen molar-refractivity contribution in [3.8, 4) is 11.1 Å². The maximum absolute atomic E-state index is 11.6. The summed E-state index contributed by atoms with van der Waals surface area (Å²) in [4.78, 5) is 23.0. The van der Waals surface area contributed by atoms with Crippen molar-refractivity contribution in [2.24, 2.45) is 0 Å². The van der Waals surface area contributed by atoms with Crippen LogP contribution in [0.25, 0.3) is 11.1 Å². The van der Waals surface area contributed by atoms with Crippen molar-refractivity contribution in [3.63, 3.8) is 0 Å². The van der Waals surface area contributed by atoms with E-state index in [9.17, 15) is 14.7 Å². The van der Waals surface area contributed by atoms with Gasteiger partial charge >= 0.3 is 5.97 Å². The van der Waals surface area contributed by atoms with Gasteiger partial charge in [0.15, 0.2) is 5.12 Å². The van der Waals surface area contributed by atoms with Gasteiger partial charge in [0.1, 0.15) is 5.25 Å². The summed E-state index contributed by atoms with van der Waals surface area (Å²) in [5.74, 6) is -1.07. The van der Waals surface area contributed by atoms with Gasteiger partial charge in [-0.1, -0.05) is 72.8 Å². The molecule has 2 aromatic rings. The second-order valence-electron chi connectivity index (χ2n) is 4.66. The fourth-order valence-corrected chi connectivity index (χ4v) is 3.23. The summed E-state index contributed by atoms with van der Waals surface area (Å²) in [6, 6.07) is 14.9. The highest BCUT2D eigenvalue weighted by atomic mass is 35.5. The first-order chi connectivity index (χ1) is 10.5. The molecule has 0 radical (unpaired) electrons. The van der Waals surface area contributed by atoms with E-state index in [0.717, 1.165) is 22.9 Å². The third-order valence-electron chi connectivity index (χ3n) is 3.15. The molecule has 0 amide bonds. The molecule has 0 bridgehead atoms. The van der Waals surface area contributed by atoms with Gasteiger partial charge in [-0.15, -0.1) is 0 Å². The van der Waals surface area contributed by atoms with Gasteiger partial charge in [-0.05, 0) is 22.8 Å². The van der Waals surface area contributed by atoms with Crippen LogP contribution in [0.1, 0.15) is 24.2 Å². The van der Waals surface area contributed by atoms with Gasteiger partial charge in [0.05, 0.1) is 0 Å². The van der Waals surface area contributed by atoms with E-state index >= 15 is 0 Å². The number of aliphatic carboxylic acids is 1. The summed E-state index contributed by atoms with van der Waals surface area (Å²) in [7, 11) is 0. The predicted octanol–water partition coefficient (Wildman–Crippen LogP) is 4.80. The number of hydrogen-bond acceptors (Lipinski definition) is 3. The molecular weight excluding hydrogens is 320 g/mol. The number of carbonyl (C=O) groups is 2. The first kappa shape index (κ1) is 16.6. The lowest BCUT2D eigenvalue weighted by atomic mass is 10.0. The van der Waals surface area contributed by atoms with Gasteiger partial charge in [-0.25, -0.2) is 0 Å². The number of hydrogen-bond donors (Lipinski definition) is 1. The van der Waals surface area contributed by atoms with Crippen LogP contribution in [0.5, 0.6) is 0 Å². The molecule has 22 heavy (non-hydrogen) atoms. The first-order valence-electron chi connectivity index (χ1n) is 6.80.